The van der Waals surface area contributed by atoms with Crippen molar-refractivity contribution < 1.29 is 9.90 Å². The van der Waals surface area contributed by atoms with Crippen LogP contribution in [0.25, 0.3) is 0 Å². The fraction of sp³-hybridized carbons (Fsp3) is 0.611. The summed E-state index contributed by atoms with van der Waals surface area (Å²) in [6, 6.07) is 10.3. The van der Waals surface area contributed by atoms with Crippen molar-refractivity contribution in [3.05, 3.63) is 35.9 Å². The Kier molecular flexibility index (Phi) is 11.9. The maximum atomic E-state index is 10.2. The van der Waals surface area contributed by atoms with Crippen molar-refractivity contribution in [1.82, 2.24) is 0 Å². The van der Waals surface area contributed by atoms with E-state index in [1.165, 1.54) is 31.2 Å². The average Bonchev–Trinajstić information content (AvgIpc) is 2.38. The molecule has 0 saturated carbocycles. The van der Waals surface area contributed by atoms with Crippen molar-refractivity contribution in [1.29, 1.82) is 0 Å². The molecule has 0 spiro atoms. The van der Waals surface area contributed by atoms with Crippen LogP contribution in [0.4, 0.5) is 0 Å². The fourth-order valence-electron chi connectivity index (χ4n) is 1.89. The number of carboxylic acid groups (broad SMARTS) is 1. The zero-order valence-corrected chi connectivity index (χ0v) is 13.3. The van der Waals surface area contributed by atoms with Gasteiger partial charge in [0.1, 0.15) is 0 Å². The molecule has 0 amide bonds. The van der Waals surface area contributed by atoms with Crippen molar-refractivity contribution in [2.75, 3.05) is 0 Å². The normalized spacial score (nSPS) is 10.0. The molecule has 2 nitrogen and oxygen atoms in total. The molecule has 1 rings (SSSR count). The molecule has 114 valence electrons. The SMILES string of the molecule is CC(C)CCCCCCCC(=O)O.Cc1ccccc1. The summed E-state index contributed by atoms with van der Waals surface area (Å²) in [5, 5.41) is 8.39. The lowest BCUT2D eigenvalue weighted by Gasteiger charge is -2.03. The predicted molar refractivity (Wildman–Crippen MR) is 86.0 cm³/mol. The molecule has 0 atom stereocenters. The quantitative estimate of drug-likeness (QED) is 0.642. The molecule has 0 unspecified atom stereocenters. The number of rotatable bonds is 8. The van der Waals surface area contributed by atoms with E-state index >= 15 is 0 Å². The van der Waals surface area contributed by atoms with Gasteiger partial charge in [0, 0.05) is 6.42 Å². The van der Waals surface area contributed by atoms with Crippen molar-refractivity contribution >= 4 is 5.97 Å². The van der Waals surface area contributed by atoms with E-state index in [1.807, 2.05) is 18.2 Å². The third kappa shape index (κ3) is 14.7. The number of aryl methyl sites for hydroxylation is 1. The largest absolute Gasteiger partial charge is 0.481 e. The molecule has 0 aliphatic heterocycles. The van der Waals surface area contributed by atoms with Gasteiger partial charge in [0.15, 0.2) is 0 Å². The van der Waals surface area contributed by atoms with Crippen LogP contribution in [0.2, 0.25) is 0 Å². The molecular formula is C18H30O2. The second-order valence-electron chi connectivity index (χ2n) is 5.75. The van der Waals surface area contributed by atoms with Crippen LogP contribution in [0.1, 0.15) is 64.4 Å². The lowest BCUT2D eigenvalue weighted by molar-refractivity contribution is -0.137. The van der Waals surface area contributed by atoms with E-state index < -0.39 is 5.97 Å². The van der Waals surface area contributed by atoms with Crippen LogP contribution in [-0.4, -0.2) is 11.1 Å². The third-order valence-electron chi connectivity index (χ3n) is 3.11. The number of unbranched alkanes of at least 4 members (excludes halogenated alkanes) is 4. The summed E-state index contributed by atoms with van der Waals surface area (Å²) in [7, 11) is 0. The number of aliphatic carboxylic acids is 1. The van der Waals surface area contributed by atoms with Crippen LogP contribution >= 0.6 is 0 Å². The van der Waals surface area contributed by atoms with Gasteiger partial charge >= 0.3 is 5.97 Å². The number of carbonyl (C=O) groups is 1. The minimum absolute atomic E-state index is 0.337. The van der Waals surface area contributed by atoms with Crippen LogP contribution in [0, 0.1) is 12.8 Å². The molecule has 1 aromatic carbocycles. The molecule has 1 N–H and O–H groups in total. The first-order chi connectivity index (χ1) is 9.52. The Hall–Kier alpha value is -1.31. The standard InChI is InChI=1S/C11H22O2.C7H8/c1-10(2)8-6-4-3-5-7-9-11(12)13;1-7-5-3-2-4-6-7/h10H,3-9H2,1-2H3,(H,12,13);2-6H,1H3. The van der Waals surface area contributed by atoms with Crippen LogP contribution < -0.4 is 0 Å². The first-order valence-electron chi connectivity index (χ1n) is 7.75. The molecular weight excluding hydrogens is 248 g/mol. The van der Waals surface area contributed by atoms with Crippen molar-refractivity contribution in [3.63, 3.8) is 0 Å². The van der Waals surface area contributed by atoms with Crippen molar-refractivity contribution in [2.24, 2.45) is 5.92 Å². The van der Waals surface area contributed by atoms with Gasteiger partial charge in [-0.05, 0) is 19.3 Å². The molecule has 0 aliphatic carbocycles. The van der Waals surface area contributed by atoms with Gasteiger partial charge in [-0.25, -0.2) is 0 Å². The number of benzene rings is 1. The smallest absolute Gasteiger partial charge is 0.303 e. The lowest BCUT2D eigenvalue weighted by Crippen LogP contribution is -1.93. The van der Waals surface area contributed by atoms with Gasteiger partial charge in [-0.2, -0.15) is 0 Å². The minimum Gasteiger partial charge on any atom is -0.481 e. The Labute approximate surface area is 124 Å². The van der Waals surface area contributed by atoms with E-state index in [0.29, 0.717) is 6.42 Å². The lowest BCUT2D eigenvalue weighted by atomic mass is 10.0. The van der Waals surface area contributed by atoms with Gasteiger partial charge in [0.05, 0.1) is 0 Å². The van der Waals surface area contributed by atoms with Crippen molar-refractivity contribution in [3.8, 4) is 0 Å². The third-order valence-corrected chi connectivity index (χ3v) is 3.11. The fourth-order valence-corrected chi connectivity index (χ4v) is 1.89. The Morgan fingerprint density at radius 3 is 2.00 bits per heavy atom. The van der Waals surface area contributed by atoms with E-state index in [4.69, 9.17) is 5.11 Å². The van der Waals surface area contributed by atoms with Gasteiger partial charge < -0.3 is 5.11 Å². The summed E-state index contributed by atoms with van der Waals surface area (Å²) < 4.78 is 0. The van der Waals surface area contributed by atoms with Crippen LogP contribution in [0.3, 0.4) is 0 Å². The highest BCUT2D eigenvalue weighted by Crippen LogP contribution is 2.11. The summed E-state index contributed by atoms with van der Waals surface area (Å²) >= 11 is 0. The summed E-state index contributed by atoms with van der Waals surface area (Å²) in [6.07, 6.45) is 7.31. The van der Waals surface area contributed by atoms with E-state index in [-0.39, 0.29) is 0 Å². The van der Waals surface area contributed by atoms with Crippen LogP contribution in [0.5, 0.6) is 0 Å². The highest BCUT2D eigenvalue weighted by atomic mass is 16.4. The van der Waals surface area contributed by atoms with Crippen molar-refractivity contribution in [2.45, 2.75) is 65.7 Å². The number of hydrogen-bond acceptors (Lipinski definition) is 1. The summed E-state index contributed by atoms with van der Waals surface area (Å²) in [6.45, 7) is 6.56. The van der Waals surface area contributed by atoms with Gasteiger partial charge in [-0.3, -0.25) is 4.79 Å². The molecule has 1 aromatic rings. The second kappa shape index (κ2) is 12.7. The highest BCUT2D eigenvalue weighted by Gasteiger charge is 1.97. The zero-order chi connectivity index (χ0) is 15.2. The Balaban J connectivity index is 0.000000428. The number of hydrogen-bond donors (Lipinski definition) is 1. The van der Waals surface area contributed by atoms with E-state index in [1.54, 1.807) is 0 Å². The Bertz CT molecular complexity index is 331. The first-order valence-corrected chi connectivity index (χ1v) is 7.75. The summed E-state index contributed by atoms with van der Waals surface area (Å²) in [4.78, 5) is 10.2. The van der Waals surface area contributed by atoms with Crippen LogP contribution in [-0.2, 0) is 4.79 Å². The average molecular weight is 278 g/mol. The second-order valence-corrected chi connectivity index (χ2v) is 5.75. The molecule has 0 saturated heterocycles. The Morgan fingerprint density at radius 2 is 1.55 bits per heavy atom. The molecule has 2 heteroatoms. The van der Waals surface area contributed by atoms with E-state index in [0.717, 1.165) is 18.8 Å². The maximum absolute atomic E-state index is 10.2. The highest BCUT2D eigenvalue weighted by molar-refractivity contribution is 5.66. The Morgan fingerprint density at radius 1 is 1.00 bits per heavy atom. The van der Waals surface area contributed by atoms with Gasteiger partial charge in [-0.15, -0.1) is 0 Å². The predicted octanol–water partition coefficient (Wildman–Crippen LogP) is 5.45. The van der Waals surface area contributed by atoms with E-state index in [9.17, 15) is 4.79 Å². The van der Waals surface area contributed by atoms with Gasteiger partial charge in [0.25, 0.3) is 0 Å². The summed E-state index contributed by atoms with van der Waals surface area (Å²) in [5.41, 5.74) is 1.32. The summed E-state index contributed by atoms with van der Waals surface area (Å²) in [5.74, 6) is 0.140. The van der Waals surface area contributed by atoms with Gasteiger partial charge in [-0.1, -0.05) is 81.8 Å². The molecule has 0 bridgehead atoms. The van der Waals surface area contributed by atoms with Crippen LogP contribution in [0.15, 0.2) is 30.3 Å². The molecule has 0 radical (unpaired) electrons. The molecule has 0 fully saturated rings. The number of carboxylic acids is 1. The monoisotopic (exact) mass is 278 g/mol. The molecule has 0 aliphatic rings. The zero-order valence-electron chi connectivity index (χ0n) is 13.3. The molecule has 20 heavy (non-hydrogen) atoms. The first kappa shape index (κ1) is 18.7. The maximum Gasteiger partial charge on any atom is 0.303 e. The van der Waals surface area contributed by atoms with E-state index in [2.05, 4.69) is 32.9 Å². The molecule has 0 heterocycles. The molecule has 0 aromatic heterocycles. The minimum atomic E-state index is -0.665. The topological polar surface area (TPSA) is 37.3 Å². The van der Waals surface area contributed by atoms with Gasteiger partial charge in [0.2, 0.25) is 0 Å².